The minimum absolute atomic E-state index is 0.371. The number of ether oxygens (including phenoxy) is 3. The van der Waals surface area contributed by atoms with E-state index in [2.05, 4.69) is 66.1 Å². The first-order valence-electron chi connectivity index (χ1n) is 21.2. The Balaban J connectivity index is 2.40. The molecule has 57 heavy (non-hydrogen) atoms. The molecule has 0 aliphatic heterocycles. The Morgan fingerprint density at radius 3 is 0.807 bits per heavy atom. The molecule has 3 amide bonds. The Labute approximate surface area is 344 Å². The maximum atomic E-state index is 11.8. The normalized spacial score (nSPS) is 11.9. The molecule has 0 saturated carbocycles. The van der Waals surface area contributed by atoms with Gasteiger partial charge in [-0.25, -0.2) is 14.4 Å². The van der Waals surface area contributed by atoms with E-state index in [0.29, 0.717) is 19.6 Å². The van der Waals surface area contributed by atoms with Crippen molar-refractivity contribution in [2.75, 3.05) is 78.5 Å². The van der Waals surface area contributed by atoms with Crippen LogP contribution in [-0.2, 0) is 33.8 Å². The van der Waals surface area contributed by atoms with Gasteiger partial charge in [0.05, 0.1) is 0 Å². The Kier molecular flexibility index (Phi) is 27.2. The van der Waals surface area contributed by atoms with Crippen LogP contribution in [0.4, 0.5) is 14.4 Å². The van der Waals surface area contributed by atoms with Gasteiger partial charge >= 0.3 is 18.3 Å². The summed E-state index contributed by atoms with van der Waals surface area (Å²) < 4.78 is 15.8. The van der Waals surface area contributed by atoms with Gasteiger partial charge in [-0.2, -0.15) is 0 Å². The van der Waals surface area contributed by atoms with Gasteiger partial charge in [-0.1, -0.05) is 18.2 Å². The molecule has 0 aromatic heterocycles. The van der Waals surface area contributed by atoms with Crippen molar-refractivity contribution in [2.24, 2.45) is 0 Å². The molecule has 0 fully saturated rings. The van der Waals surface area contributed by atoms with Gasteiger partial charge in [0.25, 0.3) is 0 Å². The van der Waals surface area contributed by atoms with Crippen molar-refractivity contribution >= 4 is 18.3 Å². The summed E-state index contributed by atoms with van der Waals surface area (Å²) in [5, 5.41) is 29.6. The standard InChI is InChI=1S/C42H81N9O6/c1-40(2,3)55-37(52)49-25-13-19-43-16-10-22-46-31-34-28-35(32-47-23-11-17-44-20-14-26-50-38(53)56-41(4,5)6)30-36(29-34)33-48-24-12-18-45-21-15-27-51-39(54)57-42(7,8)9/h28-30,43-48H,10-27,31-33H2,1-9H3,(H,49,52)(H,50,53)(H,51,54). The zero-order chi connectivity index (χ0) is 42.4. The van der Waals surface area contributed by atoms with Crippen LogP contribution >= 0.6 is 0 Å². The van der Waals surface area contributed by atoms with Gasteiger partial charge in [0, 0.05) is 39.3 Å². The number of amides is 3. The highest BCUT2D eigenvalue weighted by molar-refractivity contribution is 5.68. The van der Waals surface area contributed by atoms with Crippen molar-refractivity contribution in [3.05, 3.63) is 34.9 Å². The second kappa shape index (κ2) is 29.9. The molecule has 0 aliphatic rings. The molecule has 0 heterocycles. The number of nitrogens with one attached hydrogen (secondary N) is 9. The third-order valence-corrected chi connectivity index (χ3v) is 7.82. The molecule has 9 N–H and O–H groups in total. The molecule has 0 atom stereocenters. The summed E-state index contributed by atoms with van der Waals surface area (Å²) in [7, 11) is 0. The van der Waals surface area contributed by atoms with Crippen LogP contribution in [0.25, 0.3) is 0 Å². The van der Waals surface area contributed by atoms with Crippen molar-refractivity contribution in [3.63, 3.8) is 0 Å². The van der Waals surface area contributed by atoms with E-state index in [4.69, 9.17) is 14.2 Å². The van der Waals surface area contributed by atoms with Crippen LogP contribution in [0, 0.1) is 0 Å². The quantitative estimate of drug-likeness (QED) is 0.0388. The van der Waals surface area contributed by atoms with Crippen LogP contribution in [0.5, 0.6) is 0 Å². The molecule has 1 aromatic carbocycles. The van der Waals surface area contributed by atoms with Gasteiger partial charge in [0.1, 0.15) is 16.8 Å². The second-order valence-electron chi connectivity index (χ2n) is 17.3. The Bertz CT molecular complexity index is 1070. The topological polar surface area (TPSA) is 187 Å². The summed E-state index contributed by atoms with van der Waals surface area (Å²) in [6, 6.07) is 6.87. The first kappa shape index (κ1) is 51.8. The van der Waals surface area contributed by atoms with Crippen molar-refractivity contribution in [1.82, 2.24) is 47.9 Å². The lowest BCUT2D eigenvalue weighted by Gasteiger charge is -2.19. The van der Waals surface area contributed by atoms with Crippen LogP contribution in [0.2, 0.25) is 0 Å². The maximum Gasteiger partial charge on any atom is 0.407 e. The van der Waals surface area contributed by atoms with Gasteiger partial charge in [0.15, 0.2) is 0 Å². The van der Waals surface area contributed by atoms with E-state index in [9.17, 15) is 14.4 Å². The summed E-state index contributed by atoms with van der Waals surface area (Å²) in [5.41, 5.74) is 2.37. The smallest absolute Gasteiger partial charge is 0.407 e. The Hall–Kier alpha value is -3.21. The van der Waals surface area contributed by atoms with Gasteiger partial charge in [-0.05, 0) is 176 Å². The van der Waals surface area contributed by atoms with E-state index in [1.54, 1.807) is 0 Å². The third kappa shape index (κ3) is 34.5. The molecule has 15 nitrogen and oxygen atoms in total. The van der Waals surface area contributed by atoms with E-state index < -0.39 is 16.8 Å². The van der Waals surface area contributed by atoms with Crippen LogP contribution in [-0.4, -0.2) is 114 Å². The van der Waals surface area contributed by atoms with Gasteiger partial charge in [-0.15, -0.1) is 0 Å². The van der Waals surface area contributed by atoms with Crippen molar-refractivity contribution in [2.45, 2.75) is 137 Å². The molecule has 0 bridgehead atoms. The molecule has 0 radical (unpaired) electrons. The van der Waals surface area contributed by atoms with Gasteiger partial charge in [0.2, 0.25) is 0 Å². The van der Waals surface area contributed by atoms with Crippen molar-refractivity contribution in [1.29, 1.82) is 0 Å². The van der Waals surface area contributed by atoms with E-state index in [-0.39, 0.29) is 18.3 Å². The summed E-state index contributed by atoms with van der Waals surface area (Å²) in [5.74, 6) is 0. The Morgan fingerprint density at radius 1 is 0.368 bits per heavy atom. The highest BCUT2D eigenvalue weighted by Gasteiger charge is 2.17. The van der Waals surface area contributed by atoms with E-state index in [0.717, 1.165) is 117 Å². The molecule has 0 spiro atoms. The maximum absolute atomic E-state index is 11.8. The van der Waals surface area contributed by atoms with Crippen LogP contribution in [0.3, 0.4) is 0 Å². The van der Waals surface area contributed by atoms with E-state index in [1.807, 2.05) is 62.3 Å². The van der Waals surface area contributed by atoms with Crippen LogP contribution in [0.1, 0.15) is 118 Å². The number of alkyl carbamates (subject to hydrolysis) is 3. The number of carbonyl (C=O) groups is 3. The molecule has 1 rings (SSSR count). The molecule has 0 saturated heterocycles. The van der Waals surface area contributed by atoms with Crippen molar-refractivity contribution < 1.29 is 28.6 Å². The zero-order valence-electron chi connectivity index (χ0n) is 37.0. The van der Waals surface area contributed by atoms with Gasteiger partial charge < -0.3 is 62.1 Å². The number of hydrogen-bond donors (Lipinski definition) is 9. The monoisotopic (exact) mass is 808 g/mol. The first-order chi connectivity index (χ1) is 26.9. The SMILES string of the molecule is CC(C)(C)OC(=O)NCCCNCCCNCc1cc(CNCCCNCCCNC(=O)OC(C)(C)C)cc(CNCCCNCCCNC(=O)OC(C)(C)C)c1. The summed E-state index contributed by atoms with van der Waals surface area (Å²) in [6.07, 6.45) is 4.47. The van der Waals surface area contributed by atoms with Crippen LogP contribution < -0.4 is 47.9 Å². The predicted octanol–water partition coefficient (Wildman–Crippen LogP) is 4.64. The minimum Gasteiger partial charge on any atom is -0.444 e. The summed E-state index contributed by atoms with van der Waals surface area (Å²) in [4.78, 5) is 35.3. The van der Waals surface area contributed by atoms with E-state index >= 15 is 0 Å². The number of rotatable bonds is 30. The number of benzene rings is 1. The highest BCUT2D eigenvalue weighted by atomic mass is 16.6. The number of carbonyl (C=O) groups excluding carboxylic acids is 3. The lowest BCUT2D eigenvalue weighted by Crippen LogP contribution is -2.34. The summed E-state index contributed by atoms with van der Waals surface area (Å²) >= 11 is 0. The molecule has 0 unspecified atom stereocenters. The molecule has 0 aliphatic carbocycles. The lowest BCUT2D eigenvalue weighted by molar-refractivity contribution is 0.0515. The Morgan fingerprint density at radius 2 is 0.579 bits per heavy atom. The highest BCUT2D eigenvalue weighted by Crippen LogP contribution is 2.12. The average molecular weight is 808 g/mol. The first-order valence-corrected chi connectivity index (χ1v) is 21.2. The average Bonchev–Trinajstić information content (AvgIpc) is 3.08. The fourth-order valence-electron chi connectivity index (χ4n) is 5.39. The lowest BCUT2D eigenvalue weighted by atomic mass is 10.0. The molecule has 15 heteroatoms. The van der Waals surface area contributed by atoms with Gasteiger partial charge in [-0.3, -0.25) is 0 Å². The number of hydrogen-bond acceptors (Lipinski definition) is 12. The second-order valence-corrected chi connectivity index (χ2v) is 17.3. The molecule has 1 aromatic rings. The third-order valence-electron chi connectivity index (χ3n) is 7.82. The summed E-state index contributed by atoms with van der Waals surface area (Å²) in [6.45, 7) is 28.9. The molecule has 330 valence electrons. The van der Waals surface area contributed by atoms with E-state index in [1.165, 1.54) is 16.7 Å². The van der Waals surface area contributed by atoms with Crippen molar-refractivity contribution in [3.8, 4) is 0 Å². The predicted molar refractivity (Wildman–Crippen MR) is 231 cm³/mol. The fourth-order valence-corrected chi connectivity index (χ4v) is 5.39. The molecular weight excluding hydrogens is 727 g/mol. The fraction of sp³-hybridized carbons (Fsp3) is 0.786. The minimum atomic E-state index is -0.484. The zero-order valence-corrected chi connectivity index (χ0v) is 37.0. The molecular formula is C42H81N9O6. The largest absolute Gasteiger partial charge is 0.444 e. The van der Waals surface area contributed by atoms with Crippen LogP contribution in [0.15, 0.2) is 18.2 Å².